The Labute approximate surface area is 110 Å². The molecule has 1 aliphatic heterocycles. The van der Waals surface area contributed by atoms with Crippen molar-refractivity contribution >= 4 is 23.5 Å². The number of carboxylic acid groups (broad SMARTS) is 1. The molecular formula is C13H14ClNO3. The summed E-state index contributed by atoms with van der Waals surface area (Å²) in [7, 11) is 1.64. The molecule has 1 aromatic carbocycles. The number of carbonyl (C=O) groups is 2. The predicted molar refractivity (Wildman–Crippen MR) is 67.4 cm³/mol. The SMILES string of the molecule is Cc1ccc(Cl)cc1C1C(C(=O)O)CC(=O)N1C. The fraction of sp³-hybridized carbons (Fsp3) is 0.385. The van der Waals surface area contributed by atoms with Gasteiger partial charge < -0.3 is 10.0 Å². The van der Waals surface area contributed by atoms with Gasteiger partial charge in [-0.3, -0.25) is 9.59 Å². The minimum Gasteiger partial charge on any atom is -0.481 e. The Hall–Kier alpha value is -1.55. The minimum absolute atomic E-state index is 0.0441. The maximum absolute atomic E-state index is 11.7. The molecule has 2 rings (SSSR count). The van der Waals surface area contributed by atoms with Crippen LogP contribution in [-0.4, -0.2) is 28.9 Å². The predicted octanol–water partition coefficient (Wildman–Crippen LogP) is 2.25. The Morgan fingerprint density at radius 3 is 2.78 bits per heavy atom. The highest BCUT2D eigenvalue weighted by atomic mass is 35.5. The van der Waals surface area contributed by atoms with Crippen LogP contribution in [0.1, 0.15) is 23.6 Å². The van der Waals surface area contributed by atoms with Gasteiger partial charge in [0.15, 0.2) is 0 Å². The molecule has 0 spiro atoms. The molecular weight excluding hydrogens is 254 g/mol. The number of hydrogen-bond donors (Lipinski definition) is 1. The summed E-state index contributed by atoms with van der Waals surface area (Å²) in [6.07, 6.45) is 0.0441. The summed E-state index contributed by atoms with van der Waals surface area (Å²) in [6.45, 7) is 1.89. The minimum atomic E-state index is -0.947. The van der Waals surface area contributed by atoms with Gasteiger partial charge in [0.25, 0.3) is 0 Å². The maximum atomic E-state index is 11.7. The highest BCUT2D eigenvalue weighted by molar-refractivity contribution is 6.30. The van der Waals surface area contributed by atoms with Crippen LogP contribution < -0.4 is 0 Å². The Morgan fingerprint density at radius 1 is 1.50 bits per heavy atom. The molecule has 0 aliphatic carbocycles. The Morgan fingerprint density at radius 2 is 2.17 bits per heavy atom. The van der Waals surface area contributed by atoms with Gasteiger partial charge in [-0.1, -0.05) is 17.7 Å². The van der Waals surface area contributed by atoms with E-state index in [2.05, 4.69) is 0 Å². The first-order valence-corrected chi connectivity index (χ1v) is 6.04. The smallest absolute Gasteiger partial charge is 0.309 e. The zero-order chi connectivity index (χ0) is 13.4. The molecule has 18 heavy (non-hydrogen) atoms. The molecule has 0 radical (unpaired) electrons. The second kappa shape index (κ2) is 4.61. The third-order valence-corrected chi connectivity index (χ3v) is 3.70. The van der Waals surface area contributed by atoms with Crippen LogP contribution in [0.25, 0.3) is 0 Å². The molecule has 1 N–H and O–H groups in total. The summed E-state index contributed by atoms with van der Waals surface area (Å²) in [5, 5.41) is 9.78. The molecule has 96 valence electrons. The first-order chi connectivity index (χ1) is 8.41. The molecule has 1 heterocycles. The average Bonchev–Trinajstić information content (AvgIpc) is 2.60. The molecule has 1 aromatic rings. The van der Waals surface area contributed by atoms with Gasteiger partial charge in [0.1, 0.15) is 0 Å². The summed E-state index contributed by atoms with van der Waals surface area (Å²) >= 11 is 5.96. The number of aryl methyl sites for hydroxylation is 1. The number of amides is 1. The lowest BCUT2D eigenvalue weighted by Gasteiger charge is -2.25. The molecule has 1 amide bonds. The zero-order valence-electron chi connectivity index (χ0n) is 10.2. The lowest BCUT2D eigenvalue weighted by Crippen LogP contribution is -2.27. The number of rotatable bonds is 2. The third-order valence-electron chi connectivity index (χ3n) is 3.46. The zero-order valence-corrected chi connectivity index (χ0v) is 10.9. The van der Waals surface area contributed by atoms with E-state index in [1.165, 1.54) is 4.90 Å². The van der Waals surface area contributed by atoms with E-state index in [-0.39, 0.29) is 12.3 Å². The van der Waals surface area contributed by atoms with E-state index in [4.69, 9.17) is 11.6 Å². The van der Waals surface area contributed by atoms with Crippen molar-refractivity contribution in [2.75, 3.05) is 7.05 Å². The van der Waals surface area contributed by atoms with Crippen molar-refractivity contribution in [3.63, 3.8) is 0 Å². The van der Waals surface area contributed by atoms with Crippen molar-refractivity contribution in [1.82, 2.24) is 4.90 Å². The number of carboxylic acids is 1. The van der Waals surface area contributed by atoms with Crippen LogP contribution in [0.5, 0.6) is 0 Å². The van der Waals surface area contributed by atoms with Crippen molar-refractivity contribution in [3.8, 4) is 0 Å². The van der Waals surface area contributed by atoms with E-state index in [0.717, 1.165) is 11.1 Å². The lowest BCUT2D eigenvalue weighted by molar-refractivity contribution is -0.142. The highest BCUT2D eigenvalue weighted by Gasteiger charge is 2.43. The summed E-state index contributed by atoms with van der Waals surface area (Å²) in [6, 6.07) is 4.90. The number of hydrogen-bond acceptors (Lipinski definition) is 2. The fourth-order valence-corrected chi connectivity index (χ4v) is 2.63. The summed E-state index contributed by atoms with van der Waals surface area (Å²) in [5.74, 6) is -1.80. The van der Waals surface area contributed by atoms with E-state index in [9.17, 15) is 14.7 Å². The standard InChI is InChI=1S/C13H14ClNO3/c1-7-3-4-8(14)5-9(7)12-10(13(17)18)6-11(16)15(12)2/h3-5,10,12H,6H2,1-2H3,(H,17,18). The Kier molecular flexibility index (Phi) is 3.30. The van der Waals surface area contributed by atoms with Crippen LogP contribution in [0, 0.1) is 12.8 Å². The number of benzene rings is 1. The number of likely N-dealkylation sites (tertiary alicyclic amines) is 1. The highest BCUT2D eigenvalue weighted by Crippen LogP contribution is 2.39. The van der Waals surface area contributed by atoms with Crippen LogP contribution in [0.15, 0.2) is 18.2 Å². The van der Waals surface area contributed by atoms with Crippen molar-refractivity contribution in [3.05, 3.63) is 34.3 Å². The van der Waals surface area contributed by atoms with E-state index < -0.39 is 17.9 Å². The quantitative estimate of drug-likeness (QED) is 0.894. The molecule has 0 aromatic heterocycles. The fourth-order valence-electron chi connectivity index (χ4n) is 2.45. The molecule has 5 heteroatoms. The van der Waals surface area contributed by atoms with Crippen LogP contribution in [-0.2, 0) is 9.59 Å². The van der Waals surface area contributed by atoms with Crippen molar-refractivity contribution < 1.29 is 14.7 Å². The van der Waals surface area contributed by atoms with Crippen molar-refractivity contribution in [2.24, 2.45) is 5.92 Å². The number of aliphatic carboxylic acids is 1. The maximum Gasteiger partial charge on any atom is 0.309 e. The Balaban J connectivity index is 2.49. The first-order valence-electron chi connectivity index (χ1n) is 5.66. The van der Waals surface area contributed by atoms with Gasteiger partial charge in [-0.2, -0.15) is 0 Å². The van der Waals surface area contributed by atoms with Gasteiger partial charge in [0, 0.05) is 18.5 Å². The Bertz CT molecular complexity index is 515. The van der Waals surface area contributed by atoms with Gasteiger partial charge in [0.2, 0.25) is 5.91 Å². The number of nitrogens with zero attached hydrogens (tertiary/aromatic N) is 1. The second-order valence-corrected chi connectivity index (χ2v) is 5.04. The van der Waals surface area contributed by atoms with Crippen LogP contribution in [0.2, 0.25) is 5.02 Å². The topological polar surface area (TPSA) is 57.6 Å². The molecule has 1 saturated heterocycles. The normalized spacial score (nSPS) is 23.5. The third kappa shape index (κ3) is 2.08. The molecule has 0 saturated carbocycles. The largest absolute Gasteiger partial charge is 0.481 e. The number of carbonyl (C=O) groups excluding carboxylic acids is 1. The molecule has 0 bridgehead atoms. The van der Waals surface area contributed by atoms with Gasteiger partial charge >= 0.3 is 5.97 Å². The van der Waals surface area contributed by atoms with Gasteiger partial charge in [-0.05, 0) is 30.2 Å². The number of halogens is 1. The van der Waals surface area contributed by atoms with Gasteiger partial charge in [0.05, 0.1) is 12.0 Å². The van der Waals surface area contributed by atoms with Gasteiger partial charge in [-0.15, -0.1) is 0 Å². The average molecular weight is 268 g/mol. The molecule has 1 fully saturated rings. The molecule has 1 aliphatic rings. The second-order valence-electron chi connectivity index (χ2n) is 4.60. The van der Waals surface area contributed by atoms with Gasteiger partial charge in [-0.25, -0.2) is 0 Å². The summed E-state index contributed by atoms with van der Waals surface area (Å²) in [4.78, 5) is 24.5. The summed E-state index contributed by atoms with van der Waals surface area (Å²) < 4.78 is 0. The van der Waals surface area contributed by atoms with Crippen LogP contribution >= 0.6 is 11.6 Å². The monoisotopic (exact) mass is 267 g/mol. The molecule has 2 unspecified atom stereocenters. The van der Waals surface area contributed by atoms with Crippen LogP contribution in [0.4, 0.5) is 0 Å². The lowest BCUT2D eigenvalue weighted by atomic mass is 9.91. The summed E-state index contributed by atoms with van der Waals surface area (Å²) in [5.41, 5.74) is 1.75. The van der Waals surface area contributed by atoms with E-state index >= 15 is 0 Å². The molecule has 4 nitrogen and oxygen atoms in total. The first kappa shape index (κ1) is 12.9. The van der Waals surface area contributed by atoms with Crippen molar-refractivity contribution in [2.45, 2.75) is 19.4 Å². The van der Waals surface area contributed by atoms with Crippen molar-refractivity contribution in [1.29, 1.82) is 0 Å². The van der Waals surface area contributed by atoms with E-state index in [0.29, 0.717) is 5.02 Å². The van der Waals surface area contributed by atoms with E-state index in [1.54, 1.807) is 19.2 Å². The molecule has 2 atom stereocenters. The van der Waals surface area contributed by atoms with Crippen LogP contribution in [0.3, 0.4) is 0 Å². The van der Waals surface area contributed by atoms with E-state index in [1.807, 2.05) is 13.0 Å².